The molecule has 1 heterocycles. The number of carbonyl (C=O) groups excluding carboxylic acids is 1. The highest BCUT2D eigenvalue weighted by molar-refractivity contribution is 6.07. The van der Waals surface area contributed by atoms with Crippen molar-refractivity contribution in [2.24, 2.45) is 5.92 Å². The van der Waals surface area contributed by atoms with E-state index in [9.17, 15) is 18.7 Å². The summed E-state index contributed by atoms with van der Waals surface area (Å²) in [4.78, 5) is 12.2. The first-order chi connectivity index (χ1) is 10.6. The number of alkyl halides is 2. The lowest BCUT2D eigenvalue weighted by molar-refractivity contribution is 0.0284. The third-order valence-electron chi connectivity index (χ3n) is 3.21. The zero-order valence-electron chi connectivity index (χ0n) is 13.5. The van der Waals surface area contributed by atoms with Gasteiger partial charge in [0, 0.05) is 17.4 Å². The molecule has 23 heavy (non-hydrogen) atoms. The normalized spacial score (nSPS) is 12.4. The zero-order valence-corrected chi connectivity index (χ0v) is 13.5. The molecule has 0 atom stereocenters. The lowest BCUT2D eigenvalue weighted by atomic mass is 10.0. The number of halogens is 2. The van der Waals surface area contributed by atoms with Crippen LogP contribution in [0.4, 0.5) is 8.78 Å². The van der Waals surface area contributed by atoms with Crippen molar-refractivity contribution in [1.82, 2.24) is 9.78 Å². The molecule has 0 fully saturated rings. The smallest absolute Gasteiger partial charge is 0.333 e. The Bertz CT molecular complexity index is 718. The second-order valence-electron chi connectivity index (χ2n) is 6.37. The van der Waals surface area contributed by atoms with Crippen molar-refractivity contribution in [3.05, 3.63) is 23.9 Å². The number of nitrogens with zero attached hydrogens (tertiary/aromatic N) is 2. The van der Waals surface area contributed by atoms with Gasteiger partial charge in [0.2, 0.25) is 0 Å². The minimum Gasteiger partial charge on any atom is -0.491 e. The van der Waals surface area contributed by atoms with E-state index >= 15 is 0 Å². The molecule has 1 aromatic heterocycles. The fourth-order valence-electron chi connectivity index (χ4n) is 2.07. The highest BCUT2D eigenvalue weighted by Gasteiger charge is 2.23. The summed E-state index contributed by atoms with van der Waals surface area (Å²) in [5.74, 6) is -0.310. The molecular weight excluding hydrogens is 306 g/mol. The van der Waals surface area contributed by atoms with Gasteiger partial charge in [-0.25, -0.2) is 4.68 Å². The predicted octanol–water partition coefficient (Wildman–Crippen LogP) is 3.42. The van der Waals surface area contributed by atoms with E-state index in [-0.39, 0.29) is 29.5 Å². The number of ether oxygens (including phenoxy) is 1. The predicted molar refractivity (Wildman–Crippen MR) is 81.9 cm³/mol. The average Bonchev–Trinajstić information content (AvgIpc) is 2.82. The topological polar surface area (TPSA) is 64.4 Å². The Hall–Kier alpha value is -2.02. The second kappa shape index (κ2) is 6.23. The molecule has 0 aliphatic heterocycles. The summed E-state index contributed by atoms with van der Waals surface area (Å²) in [5, 5.41) is 13.8. The molecule has 0 amide bonds. The number of hydrogen-bond donors (Lipinski definition) is 1. The molecule has 2 aromatic rings. The van der Waals surface area contributed by atoms with E-state index in [0.29, 0.717) is 15.8 Å². The fraction of sp³-hybridized carbons (Fsp3) is 0.500. The van der Waals surface area contributed by atoms with Gasteiger partial charge in [0.1, 0.15) is 18.1 Å². The number of aliphatic hydroxyl groups is 1. The quantitative estimate of drug-likeness (QED) is 0.826. The summed E-state index contributed by atoms with van der Waals surface area (Å²) >= 11 is 0. The second-order valence-corrected chi connectivity index (χ2v) is 6.37. The van der Waals surface area contributed by atoms with Crippen LogP contribution >= 0.6 is 0 Å². The van der Waals surface area contributed by atoms with Gasteiger partial charge in [-0.2, -0.15) is 13.9 Å². The SMILES string of the molecule is CC(C)C(=O)c1nn(C(F)F)c2cc(OCC(C)(C)O)ccc12. The van der Waals surface area contributed by atoms with Crippen LogP contribution in [0.25, 0.3) is 10.9 Å². The summed E-state index contributed by atoms with van der Waals surface area (Å²) in [7, 11) is 0. The zero-order chi connectivity index (χ0) is 17.4. The van der Waals surface area contributed by atoms with E-state index < -0.39 is 12.2 Å². The molecule has 5 nitrogen and oxygen atoms in total. The molecule has 0 saturated carbocycles. The van der Waals surface area contributed by atoms with E-state index in [4.69, 9.17) is 4.74 Å². The molecule has 1 aromatic carbocycles. The van der Waals surface area contributed by atoms with Gasteiger partial charge in [-0.1, -0.05) is 13.8 Å². The summed E-state index contributed by atoms with van der Waals surface area (Å²) in [6, 6.07) is 4.51. The minimum atomic E-state index is -2.87. The van der Waals surface area contributed by atoms with Gasteiger partial charge in [0.05, 0.1) is 11.1 Å². The van der Waals surface area contributed by atoms with Gasteiger partial charge in [0.25, 0.3) is 0 Å². The summed E-state index contributed by atoms with van der Waals surface area (Å²) in [6.07, 6.45) is 0. The summed E-state index contributed by atoms with van der Waals surface area (Å²) < 4.78 is 32.3. The van der Waals surface area contributed by atoms with E-state index in [1.165, 1.54) is 12.1 Å². The van der Waals surface area contributed by atoms with Gasteiger partial charge in [-0.05, 0) is 26.0 Å². The van der Waals surface area contributed by atoms with Gasteiger partial charge >= 0.3 is 6.55 Å². The number of ketones is 1. The molecule has 0 radical (unpaired) electrons. The Morgan fingerprint density at radius 3 is 2.57 bits per heavy atom. The van der Waals surface area contributed by atoms with E-state index in [2.05, 4.69) is 5.10 Å². The molecule has 0 bridgehead atoms. The molecule has 126 valence electrons. The Kier molecular flexibility index (Phi) is 4.70. The molecule has 0 saturated heterocycles. The molecule has 0 aliphatic carbocycles. The van der Waals surface area contributed by atoms with Crippen LogP contribution in [0.1, 0.15) is 44.7 Å². The van der Waals surface area contributed by atoms with Crippen LogP contribution in [0.2, 0.25) is 0 Å². The number of Topliss-reactive ketones (excluding diaryl/α,β-unsaturated/α-hetero) is 1. The first kappa shape index (κ1) is 17.3. The number of aromatic nitrogens is 2. The lowest BCUT2D eigenvalue weighted by Crippen LogP contribution is -2.27. The minimum absolute atomic E-state index is 0.0130. The molecule has 0 unspecified atom stereocenters. The van der Waals surface area contributed by atoms with Crippen LogP contribution in [-0.4, -0.2) is 32.9 Å². The first-order valence-corrected chi connectivity index (χ1v) is 7.30. The molecule has 1 N–H and O–H groups in total. The van der Waals surface area contributed by atoms with Crippen molar-refractivity contribution in [1.29, 1.82) is 0 Å². The van der Waals surface area contributed by atoms with Crippen LogP contribution < -0.4 is 4.74 Å². The number of fused-ring (bicyclic) bond motifs is 1. The van der Waals surface area contributed by atoms with Crippen molar-refractivity contribution in [3.63, 3.8) is 0 Å². The molecular formula is C16H20F2N2O3. The molecule has 7 heteroatoms. The average molecular weight is 326 g/mol. The first-order valence-electron chi connectivity index (χ1n) is 7.30. The van der Waals surface area contributed by atoms with Gasteiger partial charge in [0.15, 0.2) is 5.78 Å². The number of carbonyl (C=O) groups is 1. The summed E-state index contributed by atoms with van der Waals surface area (Å²) in [6.45, 7) is 3.69. The molecule has 0 aliphatic rings. The van der Waals surface area contributed by atoms with Crippen molar-refractivity contribution >= 4 is 16.7 Å². The third kappa shape index (κ3) is 3.85. The summed E-state index contributed by atoms with van der Waals surface area (Å²) in [5.41, 5.74) is -0.891. The van der Waals surface area contributed by atoms with Crippen molar-refractivity contribution in [2.75, 3.05) is 6.61 Å². The standard InChI is InChI=1S/C16H20F2N2O3/c1-9(2)14(21)13-11-6-5-10(23-8-16(3,4)22)7-12(11)20(19-13)15(17)18/h5-7,9,15,22H,8H2,1-4H3. The fourth-order valence-corrected chi connectivity index (χ4v) is 2.07. The maximum atomic E-state index is 13.2. The largest absolute Gasteiger partial charge is 0.491 e. The van der Waals surface area contributed by atoms with Crippen molar-refractivity contribution < 1.29 is 23.4 Å². The monoisotopic (exact) mass is 326 g/mol. The van der Waals surface area contributed by atoms with Crippen LogP contribution in [-0.2, 0) is 0 Å². The highest BCUT2D eigenvalue weighted by atomic mass is 19.3. The van der Waals surface area contributed by atoms with Gasteiger partial charge in [-0.3, -0.25) is 4.79 Å². The van der Waals surface area contributed by atoms with E-state index in [1.54, 1.807) is 33.8 Å². The number of hydrogen-bond acceptors (Lipinski definition) is 4. The molecule has 0 spiro atoms. The Labute approximate surface area is 132 Å². The number of rotatable bonds is 6. The van der Waals surface area contributed by atoms with Crippen LogP contribution in [0.5, 0.6) is 5.75 Å². The van der Waals surface area contributed by atoms with Crippen molar-refractivity contribution in [2.45, 2.75) is 39.8 Å². The van der Waals surface area contributed by atoms with E-state index in [1.807, 2.05) is 0 Å². The van der Waals surface area contributed by atoms with Gasteiger partial charge in [-0.15, -0.1) is 0 Å². The third-order valence-corrected chi connectivity index (χ3v) is 3.21. The van der Waals surface area contributed by atoms with Crippen LogP contribution in [0.15, 0.2) is 18.2 Å². The van der Waals surface area contributed by atoms with Gasteiger partial charge < -0.3 is 9.84 Å². The Morgan fingerprint density at radius 2 is 2.04 bits per heavy atom. The lowest BCUT2D eigenvalue weighted by Gasteiger charge is -2.17. The maximum Gasteiger partial charge on any atom is 0.333 e. The highest BCUT2D eigenvalue weighted by Crippen LogP contribution is 2.29. The van der Waals surface area contributed by atoms with Crippen LogP contribution in [0, 0.1) is 5.92 Å². The Balaban J connectivity index is 2.48. The number of benzene rings is 1. The van der Waals surface area contributed by atoms with Crippen LogP contribution in [0.3, 0.4) is 0 Å². The Morgan fingerprint density at radius 1 is 1.39 bits per heavy atom. The van der Waals surface area contributed by atoms with Crippen molar-refractivity contribution in [3.8, 4) is 5.75 Å². The maximum absolute atomic E-state index is 13.2. The molecule has 2 rings (SSSR count). The van der Waals surface area contributed by atoms with E-state index in [0.717, 1.165) is 0 Å².